The van der Waals surface area contributed by atoms with Crippen molar-refractivity contribution in [1.82, 2.24) is 4.90 Å². The summed E-state index contributed by atoms with van der Waals surface area (Å²) < 4.78 is 0. The number of carboxylic acid groups (broad SMARTS) is 2. The summed E-state index contributed by atoms with van der Waals surface area (Å²) in [5.74, 6) is -2.89. The second-order valence-electron chi connectivity index (χ2n) is 13.9. The average Bonchev–Trinajstić information content (AvgIpc) is 3.49. The standard InChI is InChI=1S/C41H45N3O7S/c1-4-22-44(34(45)24-41(2,3)40(50)51)25-28-8-7-9-30(23-28)36(46)43-38-35(32-10-5-6-11-33(32)52-38)37(47)42-31-20-16-27(17-21-31)13-12-26-14-18-29(19-15-26)39(48)49/h7-9,14-21,23H,4-6,10-13,22,24-25H2,1-3H3,(H,42,47)(H,43,46)(H,48,49)(H,50,51). The molecule has 0 bridgehead atoms. The van der Waals surface area contributed by atoms with Crippen LogP contribution in [0.3, 0.4) is 0 Å². The Bertz CT molecular complexity index is 1950. The summed E-state index contributed by atoms with van der Waals surface area (Å²) in [4.78, 5) is 66.1. The van der Waals surface area contributed by atoms with E-state index in [9.17, 15) is 29.1 Å². The molecule has 0 unspecified atom stereocenters. The van der Waals surface area contributed by atoms with Crippen molar-refractivity contribution in [3.05, 3.63) is 117 Å². The molecule has 1 aliphatic rings. The Morgan fingerprint density at radius 1 is 0.788 bits per heavy atom. The number of carboxylic acids is 2. The number of anilines is 2. The number of nitrogens with one attached hydrogen (secondary N) is 2. The van der Waals surface area contributed by atoms with Crippen molar-refractivity contribution in [2.75, 3.05) is 17.2 Å². The molecule has 0 spiro atoms. The molecule has 1 aliphatic carbocycles. The molecule has 0 saturated carbocycles. The SMILES string of the molecule is CCCN(Cc1cccc(C(=O)Nc2sc3c(c2C(=O)Nc2ccc(CCc4ccc(C(=O)O)cc4)cc2)CCCC3)c1)C(=O)CC(C)(C)C(=O)O. The fraction of sp³-hybridized carbons (Fsp3) is 0.341. The third-order valence-electron chi connectivity index (χ3n) is 9.32. The zero-order chi connectivity index (χ0) is 37.4. The van der Waals surface area contributed by atoms with Gasteiger partial charge in [0, 0.05) is 35.6 Å². The molecule has 0 atom stereocenters. The number of aromatic carboxylic acids is 1. The highest BCUT2D eigenvalue weighted by Gasteiger charge is 2.32. The zero-order valence-corrected chi connectivity index (χ0v) is 30.6. The lowest BCUT2D eigenvalue weighted by Gasteiger charge is -2.26. The summed E-state index contributed by atoms with van der Waals surface area (Å²) in [6, 6.07) is 21.5. The van der Waals surface area contributed by atoms with Crippen LogP contribution in [-0.2, 0) is 41.8 Å². The summed E-state index contributed by atoms with van der Waals surface area (Å²) in [6.07, 6.45) is 5.66. The Labute approximate surface area is 307 Å². The predicted molar refractivity (Wildman–Crippen MR) is 202 cm³/mol. The number of carbonyl (C=O) groups excluding carboxylic acids is 3. The van der Waals surface area contributed by atoms with Crippen LogP contribution in [-0.4, -0.2) is 51.3 Å². The highest BCUT2D eigenvalue weighted by Crippen LogP contribution is 2.39. The van der Waals surface area contributed by atoms with E-state index in [1.165, 1.54) is 25.2 Å². The summed E-state index contributed by atoms with van der Waals surface area (Å²) in [5, 5.41) is 25.2. The van der Waals surface area contributed by atoms with Gasteiger partial charge >= 0.3 is 11.9 Å². The lowest BCUT2D eigenvalue weighted by molar-refractivity contribution is -0.151. The fourth-order valence-corrected chi connectivity index (χ4v) is 7.56. The molecule has 0 aliphatic heterocycles. The molecule has 11 heteroatoms. The van der Waals surface area contributed by atoms with Gasteiger partial charge in [-0.05, 0) is 117 Å². The van der Waals surface area contributed by atoms with E-state index in [1.54, 1.807) is 35.2 Å². The highest BCUT2D eigenvalue weighted by atomic mass is 32.1. The first kappa shape index (κ1) is 38.0. The van der Waals surface area contributed by atoms with Crippen LogP contribution in [0, 0.1) is 5.41 Å². The van der Waals surface area contributed by atoms with E-state index in [0.717, 1.165) is 65.7 Å². The number of hydrogen-bond acceptors (Lipinski definition) is 6. The number of aliphatic carboxylic acids is 1. The van der Waals surface area contributed by atoms with Crippen molar-refractivity contribution >= 4 is 51.7 Å². The number of benzene rings is 3. The van der Waals surface area contributed by atoms with E-state index in [-0.39, 0.29) is 36.3 Å². The first-order chi connectivity index (χ1) is 24.8. The van der Waals surface area contributed by atoms with Crippen LogP contribution in [0.4, 0.5) is 10.7 Å². The van der Waals surface area contributed by atoms with Gasteiger partial charge < -0.3 is 25.7 Å². The minimum Gasteiger partial charge on any atom is -0.481 e. The predicted octanol–water partition coefficient (Wildman–Crippen LogP) is 7.85. The molecule has 0 saturated heterocycles. The Kier molecular flexibility index (Phi) is 12.3. The van der Waals surface area contributed by atoms with Gasteiger partial charge in [-0.1, -0.05) is 43.3 Å². The average molecular weight is 724 g/mol. The molecule has 3 aromatic carbocycles. The summed E-state index contributed by atoms with van der Waals surface area (Å²) >= 11 is 1.44. The molecule has 0 radical (unpaired) electrons. The van der Waals surface area contributed by atoms with E-state index in [2.05, 4.69) is 10.6 Å². The lowest BCUT2D eigenvalue weighted by atomic mass is 9.89. The minimum absolute atomic E-state index is 0.132. The fourth-order valence-electron chi connectivity index (χ4n) is 6.28. The third-order valence-corrected chi connectivity index (χ3v) is 10.5. The Balaban J connectivity index is 1.27. The van der Waals surface area contributed by atoms with Crippen LogP contribution >= 0.6 is 11.3 Å². The summed E-state index contributed by atoms with van der Waals surface area (Å²) in [5.41, 5.74) is 4.40. The smallest absolute Gasteiger partial charge is 0.335 e. The summed E-state index contributed by atoms with van der Waals surface area (Å²) in [6.45, 7) is 5.71. The van der Waals surface area contributed by atoms with Gasteiger partial charge in [0.15, 0.2) is 0 Å². The van der Waals surface area contributed by atoms with Crippen molar-refractivity contribution in [3.8, 4) is 0 Å². The van der Waals surface area contributed by atoms with E-state index in [1.807, 2.05) is 49.4 Å². The Morgan fingerprint density at radius 2 is 1.44 bits per heavy atom. The van der Waals surface area contributed by atoms with Crippen LogP contribution in [0.5, 0.6) is 0 Å². The van der Waals surface area contributed by atoms with Crippen LogP contribution in [0.1, 0.15) is 105 Å². The lowest BCUT2D eigenvalue weighted by Crippen LogP contribution is -2.37. The van der Waals surface area contributed by atoms with Crippen LogP contribution in [0.2, 0.25) is 0 Å². The van der Waals surface area contributed by atoms with Crippen molar-refractivity contribution in [2.45, 2.75) is 78.7 Å². The first-order valence-electron chi connectivity index (χ1n) is 17.6. The maximum absolute atomic E-state index is 13.8. The number of thiophene rings is 1. The van der Waals surface area contributed by atoms with Gasteiger partial charge in [-0.2, -0.15) is 0 Å². The summed E-state index contributed by atoms with van der Waals surface area (Å²) in [7, 11) is 0. The van der Waals surface area contributed by atoms with Crippen molar-refractivity contribution in [2.24, 2.45) is 5.41 Å². The topological polar surface area (TPSA) is 153 Å². The molecule has 272 valence electrons. The van der Waals surface area contributed by atoms with Gasteiger partial charge in [0.2, 0.25) is 5.91 Å². The monoisotopic (exact) mass is 723 g/mol. The molecule has 5 rings (SSSR count). The molecule has 3 amide bonds. The zero-order valence-electron chi connectivity index (χ0n) is 29.8. The highest BCUT2D eigenvalue weighted by molar-refractivity contribution is 7.17. The number of rotatable bonds is 15. The molecule has 1 aromatic heterocycles. The molecule has 52 heavy (non-hydrogen) atoms. The number of fused-ring (bicyclic) bond motifs is 1. The minimum atomic E-state index is -1.20. The van der Waals surface area contributed by atoms with Gasteiger partial charge in [-0.15, -0.1) is 11.3 Å². The van der Waals surface area contributed by atoms with Gasteiger partial charge in [0.1, 0.15) is 5.00 Å². The Hall–Kier alpha value is -5.29. The number of amides is 3. The van der Waals surface area contributed by atoms with Gasteiger partial charge in [-0.3, -0.25) is 19.2 Å². The van der Waals surface area contributed by atoms with Crippen molar-refractivity contribution in [1.29, 1.82) is 0 Å². The van der Waals surface area contributed by atoms with Crippen LogP contribution < -0.4 is 10.6 Å². The molecule has 10 nitrogen and oxygen atoms in total. The van der Waals surface area contributed by atoms with E-state index in [0.29, 0.717) is 34.8 Å². The quantitative estimate of drug-likeness (QED) is 0.0974. The molecule has 1 heterocycles. The van der Waals surface area contributed by atoms with Crippen molar-refractivity contribution in [3.63, 3.8) is 0 Å². The molecule has 0 fully saturated rings. The number of hydrogen-bond donors (Lipinski definition) is 4. The van der Waals surface area contributed by atoms with Crippen LogP contribution in [0.15, 0.2) is 72.8 Å². The Morgan fingerprint density at radius 3 is 2.08 bits per heavy atom. The van der Waals surface area contributed by atoms with Crippen molar-refractivity contribution < 1.29 is 34.2 Å². The molecule has 4 N–H and O–H groups in total. The van der Waals surface area contributed by atoms with E-state index >= 15 is 0 Å². The number of nitrogens with zero attached hydrogens (tertiary/aromatic N) is 1. The second kappa shape index (κ2) is 16.8. The third kappa shape index (κ3) is 9.52. The second-order valence-corrected chi connectivity index (χ2v) is 15.0. The maximum atomic E-state index is 13.8. The molecular formula is C41H45N3O7S. The molecular weight excluding hydrogens is 679 g/mol. The van der Waals surface area contributed by atoms with Gasteiger partial charge in [-0.25, -0.2) is 4.79 Å². The van der Waals surface area contributed by atoms with E-state index in [4.69, 9.17) is 5.11 Å². The van der Waals surface area contributed by atoms with Gasteiger partial charge in [0.05, 0.1) is 16.5 Å². The first-order valence-corrected chi connectivity index (χ1v) is 18.4. The normalized spacial score (nSPS) is 12.4. The maximum Gasteiger partial charge on any atom is 0.335 e. The number of carbonyl (C=O) groups is 5. The van der Waals surface area contributed by atoms with Gasteiger partial charge in [0.25, 0.3) is 11.8 Å². The number of aryl methyl sites for hydroxylation is 3. The van der Waals surface area contributed by atoms with E-state index < -0.39 is 17.4 Å². The largest absolute Gasteiger partial charge is 0.481 e. The van der Waals surface area contributed by atoms with Crippen LogP contribution in [0.25, 0.3) is 0 Å². The molecule has 4 aromatic rings.